The second-order valence-electron chi connectivity index (χ2n) is 16.4. The van der Waals surface area contributed by atoms with Crippen LogP contribution in [0.5, 0.6) is 11.5 Å². The number of nitrogens with zero attached hydrogens (tertiary/aromatic N) is 4. The van der Waals surface area contributed by atoms with Crippen molar-refractivity contribution in [2.75, 3.05) is 11.1 Å². The van der Waals surface area contributed by atoms with E-state index in [0.29, 0.717) is 56.3 Å². The summed E-state index contributed by atoms with van der Waals surface area (Å²) < 4.78 is 15.2. The summed E-state index contributed by atoms with van der Waals surface area (Å²) in [4.78, 5) is 59.3. The highest BCUT2D eigenvalue weighted by molar-refractivity contribution is 9.10. The molecule has 10 rings (SSSR count). The number of halogens is 3. The van der Waals surface area contributed by atoms with Gasteiger partial charge in [-0.25, -0.2) is 19.6 Å². The molecule has 2 heterocycles. The number of nitrogen functional groups attached to an aromatic ring is 1. The number of nitrogens with one attached hydrogen (secondary N) is 1. The number of rotatable bonds is 9. The highest BCUT2D eigenvalue weighted by Gasteiger charge is 2.23. The lowest BCUT2D eigenvalue weighted by atomic mass is 9.98. The summed E-state index contributed by atoms with van der Waals surface area (Å²) in [7, 11) is 0. The molecule has 0 aliphatic carbocycles. The Balaban J connectivity index is 0.000000167. The Morgan fingerprint density at radius 2 is 0.890 bits per heavy atom. The number of benzene rings is 8. The van der Waals surface area contributed by atoms with Crippen LogP contribution in [0.3, 0.4) is 0 Å². The summed E-state index contributed by atoms with van der Waals surface area (Å²) in [5.74, 6) is 2.11. The van der Waals surface area contributed by atoms with Gasteiger partial charge in [0.15, 0.2) is 0 Å². The Morgan fingerprint density at radius 3 is 1.29 bits per heavy atom. The maximum Gasteiger partial charge on any atom is 0.417 e. The Bertz CT molecular complexity index is 3570. The summed E-state index contributed by atoms with van der Waals surface area (Å²) in [5, 5.41) is 3.64. The number of fused-ring (bicyclic) bond motifs is 2. The van der Waals surface area contributed by atoms with E-state index in [1.165, 1.54) is 0 Å². The third-order valence-corrected chi connectivity index (χ3v) is 12.6. The molecule has 73 heavy (non-hydrogen) atoms. The van der Waals surface area contributed by atoms with Crippen molar-refractivity contribution in [2.24, 2.45) is 0 Å². The molecule has 0 fully saturated rings. The van der Waals surface area contributed by atoms with Gasteiger partial charge in [-0.15, -0.1) is 0 Å². The molecule has 0 spiro atoms. The molecule has 12 nitrogen and oxygen atoms in total. The molecule has 0 saturated heterocycles. The molecule has 0 saturated carbocycles. The lowest BCUT2D eigenvalue weighted by molar-refractivity contribution is 0.215. The van der Waals surface area contributed by atoms with Crippen molar-refractivity contribution < 1.29 is 19.1 Å². The SMILES string of the molecule is Cc1nc2ccc(N)cc2c(=O)n1C(c1ccccc1)c1ccccc1.Cc1nc2ccc(NC(=O)Oc3ccc(Br)cc3)cc2c(=O)n1C(c1ccccc1)c1ccccc1.O=C(Cl)Oc1ccc(Br)cc1. The van der Waals surface area contributed by atoms with E-state index in [1.807, 2.05) is 135 Å². The van der Waals surface area contributed by atoms with Crippen molar-refractivity contribution in [3.63, 3.8) is 0 Å². The van der Waals surface area contributed by atoms with Crippen molar-refractivity contribution in [3.05, 3.63) is 270 Å². The van der Waals surface area contributed by atoms with Gasteiger partial charge in [-0.3, -0.25) is 24.0 Å². The third kappa shape index (κ3) is 12.8. The number of nitrogens with two attached hydrogens (primary N) is 1. The number of hydrogen-bond acceptors (Lipinski definition) is 9. The number of ether oxygens (including phenoxy) is 2. The molecule has 1 amide bonds. The zero-order valence-electron chi connectivity index (χ0n) is 39.2. The van der Waals surface area contributed by atoms with Crippen LogP contribution in [-0.4, -0.2) is 30.6 Å². The highest BCUT2D eigenvalue weighted by Crippen LogP contribution is 2.29. The van der Waals surface area contributed by atoms with Gasteiger partial charge in [0, 0.05) is 31.9 Å². The predicted octanol–water partition coefficient (Wildman–Crippen LogP) is 13.8. The first-order valence-electron chi connectivity index (χ1n) is 22.7. The Kier molecular flexibility index (Phi) is 16.7. The van der Waals surface area contributed by atoms with E-state index in [1.54, 1.807) is 94.1 Å². The molecular weight excluding hydrogens is 1070 g/mol. The Morgan fingerprint density at radius 1 is 0.521 bits per heavy atom. The number of carbonyl (C=O) groups excluding carboxylic acids is 2. The summed E-state index contributed by atoms with van der Waals surface area (Å²) in [6.07, 6.45) is -0.650. The number of amides is 1. The molecule has 0 aliphatic heterocycles. The number of anilines is 2. The van der Waals surface area contributed by atoms with Crippen molar-refractivity contribution in [2.45, 2.75) is 25.9 Å². The van der Waals surface area contributed by atoms with Crippen LogP contribution in [0.15, 0.2) is 225 Å². The lowest BCUT2D eigenvalue weighted by Crippen LogP contribution is -2.29. The number of hydrogen-bond donors (Lipinski definition) is 2. The van der Waals surface area contributed by atoms with Gasteiger partial charge in [0.1, 0.15) is 23.1 Å². The minimum Gasteiger partial charge on any atom is -0.415 e. The minimum absolute atomic E-state index is 0.0856. The third-order valence-electron chi connectivity index (χ3n) is 11.4. The van der Waals surface area contributed by atoms with Crippen LogP contribution in [0, 0.1) is 13.8 Å². The quantitative estimate of drug-likeness (QED) is 0.106. The van der Waals surface area contributed by atoms with Gasteiger partial charge in [-0.2, -0.15) is 0 Å². The maximum absolute atomic E-state index is 13.9. The zero-order valence-corrected chi connectivity index (χ0v) is 43.2. The molecule has 0 aliphatic rings. The normalized spacial score (nSPS) is 10.8. The summed E-state index contributed by atoms with van der Waals surface area (Å²) in [6, 6.07) is 63.2. The van der Waals surface area contributed by atoms with Gasteiger partial charge < -0.3 is 15.2 Å². The number of carbonyl (C=O) groups is 2. The van der Waals surface area contributed by atoms with Crippen molar-refractivity contribution in [1.82, 2.24) is 19.1 Å². The standard InChI is InChI=1S/C29H22BrN3O3.C22H19N3O.C7H4BrClO2/c1-19-31-26-17-14-23(32-29(35)36-24-15-12-22(30)13-16-24)18-25(26)28(34)33(19)27(20-8-4-2-5-9-20)21-10-6-3-7-11-21;1-15-24-20-13-12-18(23)14-19(20)22(26)25(15)21(16-8-4-2-5-9-16)17-10-6-3-7-11-17;8-5-1-3-6(4-2-5)11-7(9)10/h2-18,27H,1H3,(H,32,35);2-14,21H,23H2,1H3;1-4H. The second-order valence-corrected chi connectivity index (χ2v) is 18.5. The van der Waals surface area contributed by atoms with Crippen LogP contribution >= 0.6 is 43.5 Å². The van der Waals surface area contributed by atoms with Crippen LogP contribution in [0.1, 0.15) is 46.0 Å². The molecule has 0 unspecified atom stereocenters. The first-order chi connectivity index (χ1) is 35.3. The monoisotopic (exact) mass is 1110 g/mol. The van der Waals surface area contributed by atoms with Gasteiger partial charge in [-0.1, -0.05) is 153 Å². The smallest absolute Gasteiger partial charge is 0.415 e. The van der Waals surface area contributed by atoms with E-state index in [0.717, 1.165) is 31.2 Å². The van der Waals surface area contributed by atoms with Crippen LogP contribution in [0.25, 0.3) is 21.8 Å². The van der Waals surface area contributed by atoms with Crippen LogP contribution in [-0.2, 0) is 0 Å². The largest absolute Gasteiger partial charge is 0.417 e. The number of aryl methyl sites for hydroxylation is 2. The van der Waals surface area contributed by atoms with Crippen molar-refractivity contribution in [1.29, 1.82) is 0 Å². The Hall–Kier alpha value is -8.17. The van der Waals surface area contributed by atoms with Crippen LogP contribution in [0.2, 0.25) is 0 Å². The van der Waals surface area contributed by atoms with E-state index in [-0.39, 0.29) is 23.2 Å². The molecule has 3 N–H and O–H groups in total. The van der Waals surface area contributed by atoms with E-state index in [9.17, 15) is 19.2 Å². The summed E-state index contributed by atoms with van der Waals surface area (Å²) >= 11 is 11.6. The fourth-order valence-electron chi connectivity index (χ4n) is 8.19. The van der Waals surface area contributed by atoms with E-state index < -0.39 is 11.5 Å². The Labute approximate surface area is 441 Å². The predicted molar refractivity (Wildman–Crippen MR) is 296 cm³/mol. The molecule has 364 valence electrons. The fourth-order valence-corrected chi connectivity index (χ4v) is 8.81. The highest BCUT2D eigenvalue weighted by atomic mass is 79.9. The van der Waals surface area contributed by atoms with Gasteiger partial charge in [-0.05, 0) is 121 Å². The topological polar surface area (TPSA) is 160 Å². The zero-order chi connectivity index (χ0) is 51.4. The van der Waals surface area contributed by atoms with Crippen molar-refractivity contribution >= 4 is 88.2 Å². The molecule has 0 bridgehead atoms. The molecule has 2 aromatic heterocycles. The van der Waals surface area contributed by atoms with Gasteiger partial charge in [0.25, 0.3) is 11.1 Å². The van der Waals surface area contributed by atoms with Gasteiger partial charge in [0.05, 0.1) is 33.9 Å². The molecule has 0 atom stereocenters. The summed E-state index contributed by atoms with van der Waals surface area (Å²) in [6.45, 7) is 3.71. The lowest BCUT2D eigenvalue weighted by Gasteiger charge is -2.23. The van der Waals surface area contributed by atoms with E-state index in [4.69, 9.17) is 27.1 Å². The van der Waals surface area contributed by atoms with Gasteiger partial charge in [0.2, 0.25) is 0 Å². The first-order valence-corrected chi connectivity index (χ1v) is 24.7. The average molecular weight is 1120 g/mol. The molecule has 8 aromatic carbocycles. The fraction of sp³-hybridized carbons (Fsp3) is 0.0690. The van der Waals surface area contributed by atoms with E-state index in [2.05, 4.69) is 46.9 Å². The summed E-state index contributed by atoms with van der Waals surface area (Å²) in [5.41, 5.74) is 11.0. The van der Waals surface area contributed by atoms with E-state index >= 15 is 0 Å². The van der Waals surface area contributed by atoms with Crippen LogP contribution in [0.4, 0.5) is 21.0 Å². The average Bonchev–Trinajstić information content (AvgIpc) is 3.39. The van der Waals surface area contributed by atoms with Crippen molar-refractivity contribution in [3.8, 4) is 11.5 Å². The molecular formula is C58H45Br2ClN6O6. The molecule has 15 heteroatoms. The van der Waals surface area contributed by atoms with Crippen LogP contribution < -0.4 is 31.6 Å². The first kappa shape index (κ1) is 51.2. The number of aromatic nitrogens is 4. The second kappa shape index (κ2) is 23.8. The van der Waals surface area contributed by atoms with Gasteiger partial charge >= 0.3 is 11.5 Å². The molecule has 10 aromatic rings. The molecule has 0 radical (unpaired) electrons. The minimum atomic E-state index is -0.827. The maximum atomic E-state index is 13.9.